The predicted octanol–water partition coefficient (Wildman–Crippen LogP) is 8.86. The molecule has 0 aliphatic carbocycles. The molecule has 4 aromatic rings. The monoisotopic (exact) mass is 691 g/mol. The van der Waals surface area contributed by atoms with Gasteiger partial charge in [0.25, 0.3) is 0 Å². The topological polar surface area (TPSA) is 53.1 Å². The number of anilines is 1. The molecule has 2 aliphatic rings. The number of amides is 2. The van der Waals surface area contributed by atoms with Gasteiger partial charge >= 0.3 is 6.09 Å². The highest BCUT2D eigenvalue weighted by molar-refractivity contribution is 6.42. The van der Waals surface area contributed by atoms with E-state index in [2.05, 4.69) is 4.90 Å². The standard InChI is InChI=1S/C38H37Cl2F2N3O3/c1-25-6-8-26(9-7-25)23-43(2)36(46)31(28-10-12-33(39)34(40)21-28)14-17-44-18-15-38(16-19-44)32-22-30(42)11-13-35(32)45(37(47)48-38)24-27-4-3-5-29(41)20-27/h3-13,20-22,31H,14-19,23-24H2,1-2H3. The van der Waals surface area contributed by atoms with Crippen LogP contribution in [0.2, 0.25) is 10.0 Å². The molecule has 2 heterocycles. The number of benzene rings is 4. The van der Waals surface area contributed by atoms with E-state index < -0.39 is 29.2 Å². The van der Waals surface area contributed by atoms with Gasteiger partial charge in [-0.05, 0) is 79.0 Å². The van der Waals surface area contributed by atoms with Gasteiger partial charge in [-0.3, -0.25) is 9.69 Å². The van der Waals surface area contributed by atoms with Crippen LogP contribution in [0, 0.1) is 18.6 Å². The number of nitrogens with zero attached hydrogens (tertiary/aromatic N) is 3. The summed E-state index contributed by atoms with van der Waals surface area (Å²) >= 11 is 12.6. The summed E-state index contributed by atoms with van der Waals surface area (Å²) in [6, 6.07) is 23.9. The molecule has 0 radical (unpaired) electrons. The molecule has 1 saturated heterocycles. The zero-order valence-electron chi connectivity index (χ0n) is 26.9. The first-order chi connectivity index (χ1) is 23.0. The molecule has 0 saturated carbocycles. The first-order valence-corrected chi connectivity index (χ1v) is 16.8. The van der Waals surface area contributed by atoms with Crippen molar-refractivity contribution in [3.05, 3.63) is 134 Å². The fourth-order valence-electron chi connectivity index (χ4n) is 6.75. The Hall–Kier alpha value is -3.98. The van der Waals surface area contributed by atoms with Crippen molar-refractivity contribution in [1.29, 1.82) is 0 Å². The number of likely N-dealkylation sites (N-methyl/N-ethyl adjacent to an activating group) is 1. The summed E-state index contributed by atoms with van der Waals surface area (Å²) in [6.07, 6.45) is 0.909. The van der Waals surface area contributed by atoms with E-state index in [-0.39, 0.29) is 12.5 Å². The second-order valence-corrected chi connectivity index (χ2v) is 13.6. The molecule has 1 atom stereocenters. The summed E-state index contributed by atoms with van der Waals surface area (Å²) in [4.78, 5) is 32.8. The van der Waals surface area contributed by atoms with E-state index in [1.54, 1.807) is 35.2 Å². The lowest BCUT2D eigenvalue weighted by molar-refractivity contribution is -0.132. The second kappa shape index (κ2) is 14.2. The minimum atomic E-state index is -0.989. The Labute approximate surface area is 289 Å². The SMILES string of the molecule is Cc1ccc(CN(C)C(=O)C(CCN2CCC3(CC2)OC(=O)N(Cc2cccc(F)c2)c2ccc(F)cc23)c2ccc(Cl)c(Cl)c2)cc1. The van der Waals surface area contributed by atoms with Crippen molar-refractivity contribution in [3.63, 3.8) is 0 Å². The van der Waals surface area contributed by atoms with Gasteiger partial charge < -0.3 is 14.5 Å². The molecule has 6 rings (SSSR count). The van der Waals surface area contributed by atoms with Crippen LogP contribution in [0.5, 0.6) is 0 Å². The molecule has 48 heavy (non-hydrogen) atoms. The van der Waals surface area contributed by atoms with Gasteiger partial charge in [0.15, 0.2) is 0 Å². The zero-order valence-corrected chi connectivity index (χ0v) is 28.4. The molecular weight excluding hydrogens is 655 g/mol. The Morgan fingerprint density at radius 3 is 2.35 bits per heavy atom. The number of hydrogen-bond donors (Lipinski definition) is 0. The van der Waals surface area contributed by atoms with Gasteiger partial charge in [-0.2, -0.15) is 0 Å². The summed E-state index contributed by atoms with van der Waals surface area (Å²) < 4.78 is 34.7. The van der Waals surface area contributed by atoms with Crippen molar-refractivity contribution in [2.75, 3.05) is 31.6 Å². The van der Waals surface area contributed by atoms with Gasteiger partial charge in [0.05, 0.1) is 28.2 Å². The number of carbonyl (C=O) groups is 2. The summed E-state index contributed by atoms with van der Waals surface area (Å²) in [5.41, 5.74) is 3.77. The smallest absolute Gasteiger partial charge is 0.415 e. The number of hydrogen-bond acceptors (Lipinski definition) is 4. The molecule has 0 bridgehead atoms. The number of aryl methyl sites for hydroxylation is 1. The van der Waals surface area contributed by atoms with Crippen LogP contribution < -0.4 is 4.90 Å². The van der Waals surface area contributed by atoms with Crippen LogP contribution in [0.4, 0.5) is 19.3 Å². The van der Waals surface area contributed by atoms with E-state index in [0.717, 1.165) is 16.7 Å². The van der Waals surface area contributed by atoms with Crippen LogP contribution in [0.1, 0.15) is 53.0 Å². The molecule has 4 aromatic carbocycles. The minimum absolute atomic E-state index is 0.0218. The molecule has 0 aromatic heterocycles. The molecule has 250 valence electrons. The lowest BCUT2D eigenvalue weighted by atomic mass is 9.81. The number of ether oxygens (including phenoxy) is 1. The van der Waals surface area contributed by atoms with E-state index in [1.807, 2.05) is 44.3 Å². The third kappa shape index (κ3) is 7.36. The average molecular weight is 693 g/mol. The highest BCUT2D eigenvalue weighted by Crippen LogP contribution is 2.46. The van der Waals surface area contributed by atoms with Gasteiger partial charge in [-0.25, -0.2) is 13.6 Å². The summed E-state index contributed by atoms with van der Waals surface area (Å²) in [6.45, 7) is 4.37. The molecule has 1 spiro atoms. The lowest BCUT2D eigenvalue weighted by Crippen LogP contribution is -2.51. The average Bonchev–Trinajstić information content (AvgIpc) is 3.06. The Morgan fingerprint density at radius 1 is 0.917 bits per heavy atom. The highest BCUT2D eigenvalue weighted by atomic mass is 35.5. The number of likely N-dealkylation sites (tertiary alicyclic amines) is 1. The lowest BCUT2D eigenvalue weighted by Gasteiger charge is -2.47. The number of carbonyl (C=O) groups excluding carboxylic acids is 2. The molecule has 6 nitrogen and oxygen atoms in total. The van der Waals surface area contributed by atoms with Crippen molar-refractivity contribution in [2.24, 2.45) is 0 Å². The number of piperidine rings is 1. The van der Waals surface area contributed by atoms with Crippen LogP contribution in [0.15, 0.2) is 84.9 Å². The van der Waals surface area contributed by atoms with Crippen molar-refractivity contribution in [3.8, 4) is 0 Å². The molecule has 0 N–H and O–H groups in total. The summed E-state index contributed by atoms with van der Waals surface area (Å²) in [7, 11) is 1.81. The first kappa shape index (κ1) is 33.9. The minimum Gasteiger partial charge on any atom is -0.437 e. The Kier molecular flexibility index (Phi) is 10.1. The maximum Gasteiger partial charge on any atom is 0.415 e. The molecule has 1 fully saturated rings. The summed E-state index contributed by atoms with van der Waals surface area (Å²) in [5.74, 6) is -1.30. The van der Waals surface area contributed by atoms with Gasteiger partial charge in [0.1, 0.15) is 17.2 Å². The predicted molar refractivity (Wildman–Crippen MR) is 184 cm³/mol. The van der Waals surface area contributed by atoms with Crippen molar-refractivity contribution in [1.82, 2.24) is 9.80 Å². The van der Waals surface area contributed by atoms with Gasteiger partial charge in [-0.1, -0.05) is 71.2 Å². The molecule has 10 heteroatoms. The van der Waals surface area contributed by atoms with E-state index in [9.17, 15) is 18.4 Å². The second-order valence-electron chi connectivity index (χ2n) is 12.8. The fourth-order valence-corrected chi connectivity index (χ4v) is 7.05. The van der Waals surface area contributed by atoms with Gasteiger partial charge in [0.2, 0.25) is 5.91 Å². The molecular formula is C38H37Cl2F2N3O3. The molecule has 2 amide bonds. The largest absolute Gasteiger partial charge is 0.437 e. The van der Waals surface area contributed by atoms with Crippen LogP contribution in [-0.4, -0.2) is 48.5 Å². The Bertz CT molecular complexity index is 1810. The molecule has 1 unspecified atom stereocenters. The number of rotatable bonds is 9. The van der Waals surface area contributed by atoms with E-state index in [0.29, 0.717) is 72.3 Å². The summed E-state index contributed by atoms with van der Waals surface area (Å²) in [5, 5.41) is 0.818. The maximum absolute atomic E-state index is 14.7. The van der Waals surface area contributed by atoms with Crippen LogP contribution in [-0.2, 0) is 28.2 Å². The number of fused-ring (bicyclic) bond motifs is 2. The Balaban J connectivity index is 1.17. The van der Waals surface area contributed by atoms with Crippen LogP contribution in [0.3, 0.4) is 0 Å². The van der Waals surface area contributed by atoms with Crippen molar-refractivity contribution < 1.29 is 23.1 Å². The third-order valence-corrected chi connectivity index (χ3v) is 10.2. The van der Waals surface area contributed by atoms with E-state index >= 15 is 0 Å². The Morgan fingerprint density at radius 2 is 1.65 bits per heavy atom. The van der Waals surface area contributed by atoms with Crippen molar-refractivity contribution >= 4 is 40.9 Å². The quantitative estimate of drug-likeness (QED) is 0.176. The van der Waals surface area contributed by atoms with Crippen LogP contribution >= 0.6 is 23.2 Å². The zero-order chi connectivity index (χ0) is 34.0. The van der Waals surface area contributed by atoms with E-state index in [4.69, 9.17) is 27.9 Å². The van der Waals surface area contributed by atoms with E-state index in [1.165, 1.54) is 29.2 Å². The van der Waals surface area contributed by atoms with Crippen molar-refractivity contribution in [2.45, 2.75) is 50.8 Å². The third-order valence-electron chi connectivity index (χ3n) is 9.43. The molecule has 2 aliphatic heterocycles. The number of halogens is 4. The fraction of sp³-hybridized carbons (Fsp3) is 0.316. The highest BCUT2D eigenvalue weighted by Gasteiger charge is 2.47. The normalized spacial score (nSPS) is 16.4. The van der Waals surface area contributed by atoms with Gasteiger partial charge in [0, 0.05) is 45.1 Å². The van der Waals surface area contributed by atoms with Gasteiger partial charge in [-0.15, -0.1) is 0 Å². The first-order valence-electron chi connectivity index (χ1n) is 16.0. The maximum atomic E-state index is 14.7. The van der Waals surface area contributed by atoms with Crippen LogP contribution in [0.25, 0.3) is 0 Å².